The zero-order valence-electron chi connectivity index (χ0n) is 10.9. The van der Waals surface area contributed by atoms with E-state index in [0.717, 1.165) is 4.88 Å². The van der Waals surface area contributed by atoms with Gasteiger partial charge in [-0.3, -0.25) is 4.79 Å². The first kappa shape index (κ1) is 13.8. The third-order valence-corrected chi connectivity index (χ3v) is 3.79. The van der Waals surface area contributed by atoms with Crippen molar-refractivity contribution in [3.05, 3.63) is 29.5 Å². The number of nitrogens with zero attached hydrogens (tertiary/aromatic N) is 2. The minimum absolute atomic E-state index is 0.0541. The van der Waals surface area contributed by atoms with Crippen molar-refractivity contribution in [1.29, 1.82) is 0 Å². The highest BCUT2D eigenvalue weighted by molar-refractivity contribution is 7.13. The predicted octanol–water partition coefficient (Wildman–Crippen LogP) is 1.78. The van der Waals surface area contributed by atoms with Gasteiger partial charge in [-0.25, -0.2) is 4.98 Å². The van der Waals surface area contributed by atoms with Crippen LogP contribution in [0.1, 0.15) is 12.6 Å². The van der Waals surface area contributed by atoms with Crippen LogP contribution in [0.15, 0.2) is 28.2 Å². The van der Waals surface area contributed by atoms with Crippen LogP contribution in [0.25, 0.3) is 10.8 Å². The van der Waals surface area contributed by atoms with Crippen LogP contribution in [0.4, 0.5) is 0 Å². The monoisotopic (exact) mass is 280 g/mol. The van der Waals surface area contributed by atoms with Crippen molar-refractivity contribution in [3.63, 3.8) is 0 Å². The van der Waals surface area contributed by atoms with Crippen molar-refractivity contribution in [2.45, 2.75) is 19.4 Å². The first-order chi connectivity index (χ1) is 9.11. The fraction of sp³-hybridized carbons (Fsp3) is 0.385. The van der Waals surface area contributed by atoms with Gasteiger partial charge in [-0.1, -0.05) is 6.07 Å². The zero-order valence-corrected chi connectivity index (χ0v) is 11.7. The average Bonchev–Trinajstić information content (AvgIpc) is 3.06. The van der Waals surface area contributed by atoms with Crippen molar-refractivity contribution in [2.75, 3.05) is 13.7 Å². The highest BCUT2D eigenvalue weighted by atomic mass is 32.1. The normalized spacial score (nSPS) is 12.4. The van der Waals surface area contributed by atoms with Crippen LogP contribution in [0.5, 0.6) is 0 Å². The number of aliphatic hydroxyl groups is 1. The molecule has 0 aliphatic heterocycles. The fourth-order valence-electron chi connectivity index (χ4n) is 1.55. The van der Waals surface area contributed by atoms with Crippen LogP contribution in [-0.2, 0) is 11.2 Å². The van der Waals surface area contributed by atoms with Crippen molar-refractivity contribution >= 4 is 17.2 Å². The molecule has 6 heteroatoms. The van der Waals surface area contributed by atoms with Crippen molar-refractivity contribution in [2.24, 2.45) is 0 Å². The standard InChI is InChI=1S/C13H16N2O3S/c1-9(7-16)15(2)12(17)6-10-8-18-13(14-10)11-4-3-5-19-11/h3-5,8-9,16H,6-7H2,1-2H3. The number of rotatable bonds is 5. The summed E-state index contributed by atoms with van der Waals surface area (Å²) in [7, 11) is 1.67. The largest absolute Gasteiger partial charge is 0.444 e. The van der Waals surface area contributed by atoms with Gasteiger partial charge in [0.15, 0.2) is 0 Å². The zero-order chi connectivity index (χ0) is 13.8. The molecule has 0 saturated heterocycles. The van der Waals surface area contributed by atoms with Crippen molar-refractivity contribution in [3.8, 4) is 10.8 Å². The molecule has 2 rings (SSSR count). The van der Waals surface area contributed by atoms with Crippen molar-refractivity contribution in [1.82, 2.24) is 9.88 Å². The summed E-state index contributed by atoms with van der Waals surface area (Å²) >= 11 is 1.54. The number of thiophene rings is 1. The number of carbonyl (C=O) groups excluding carboxylic acids is 1. The average molecular weight is 280 g/mol. The minimum atomic E-state index is -0.198. The highest BCUT2D eigenvalue weighted by Crippen LogP contribution is 2.23. The van der Waals surface area contributed by atoms with Gasteiger partial charge >= 0.3 is 0 Å². The first-order valence-electron chi connectivity index (χ1n) is 5.96. The molecule has 5 nitrogen and oxygen atoms in total. The SMILES string of the molecule is CC(CO)N(C)C(=O)Cc1coc(-c2cccs2)n1. The summed E-state index contributed by atoms with van der Waals surface area (Å²) in [6.07, 6.45) is 1.68. The molecule has 102 valence electrons. The molecule has 0 aliphatic rings. The van der Waals surface area contributed by atoms with E-state index < -0.39 is 0 Å². The topological polar surface area (TPSA) is 66.6 Å². The number of aliphatic hydroxyl groups excluding tert-OH is 1. The van der Waals surface area contributed by atoms with E-state index in [4.69, 9.17) is 9.52 Å². The third-order valence-electron chi connectivity index (χ3n) is 2.93. The number of oxazole rings is 1. The lowest BCUT2D eigenvalue weighted by Crippen LogP contribution is -2.38. The second kappa shape index (κ2) is 5.99. The molecule has 1 N–H and O–H groups in total. The third kappa shape index (κ3) is 3.21. The maximum Gasteiger partial charge on any atom is 0.236 e. The maximum atomic E-state index is 11.9. The van der Waals surface area contributed by atoms with E-state index in [1.807, 2.05) is 17.5 Å². The molecule has 0 aromatic carbocycles. The molecular weight excluding hydrogens is 264 g/mol. The summed E-state index contributed by atoms with van der Waals surface area (Å²) in [4.78, 5) is 18.7. The summed E-state index contributed by atoms with van der Waals surface area (Å²) in [5.41, 5.74) is 0.602. The maximum absolute atomic E-state index is 11.9. The minimum Gasteiger partial charge on any atom is -0.444 e. The first-order valence-corrected chi connectivity index (χ1v) is 6.84. The molecule has 1 atom stereocenters. The Labute approximate surface area is 115 Å². The summed E-state index contributed by atoms with van der Waals surface area (Å²) < 4.78 is 5.36. The van der Waals surface area contributed by atoms with Crippen LogP contribution < -0.4 is 0 Å². The Morgan fingerprint density at radius 3 is 3.05 bits per heavy atom. The lowest BCUT2D eigenvalue weighted by molar-refractivity contribution is -0.131. The Bertz CT molecular complexity index is 536. The Hall–Kier alpha value is -1.66. The predicted molar refractivity (Wildman–Crippen MR) is 72.8 cm³/mol. The summed E-state index contributed by atoms with van der Waals surface area (Å²) in [6, 6.07) is 3.64. The number of carbonyl (C=O) groups is 1. The van der Waals surface area contributed by atoms with Gasteiger partial charge in [-0.15, -0.1) is 11.3 Å². The second-order valence-electron chi connectivity index (χ2n) is 4.33. The van der Waals surface area contributed by atoms with E-state index in [-0.39, 0.29) is 25.0 Å². The summed E-state index contributed by atoms with van der Waals surface area (Å²) in [5, 5.41) is 11.0. The Balaban J connectivity index is 2.02. The van der Waals surface area contributed by atoms with E-state index in [1.54, 1.807) is 14.0 Å². The van der Waals surface area contributed by atoms with Crippen LogP contribution in [0.3, 0.4) is 0 Å². The fourth-order valence-corrected chi connectivity index (χ4v) is 2.20. The molecule has 1 unspecified atom stereocenters. The van der Waals surface area contributed by atoms with Gasteiger partial charge in [0.1, 0.15) is 6.26 Å². The smallest absolute Gasteiger partial charge is 0.236 e. The number of hydrogen-bond donors (Lipinski definition) is 1. The van der Waals surface area contributed by atoms with Crippen LogP contribution in [0, 0.1) is 0 Å². The van der Waals surface area contributed by atoms with Crippen LogP contribution in [-0.4, -0.2) is 40.6 Å². The van der Waals surface area contributed by atoms with Gasteiger partial charge in [0.25, 0.3) is 0 Å². The number of amides is 1. The lowest BCUT2D eigenvalue weighted by Gasteiger charge is -2.22. The quantitative estimate of drug-likeness (QED) is 0.906. The molecule has 2 aromatic rings. The molecule has 2 aromatic heterocycles. The molecule has 0 fully saturated rings. The second-order valence-corrected chi connectivity index (χ2v) is 5.28. The van der Waals surface area contributed by atoms with Gasteiger partial charge in [-0.2, -0.15) is 0 Å². The van der Waals surface area contributed by atoms with Crippen LogP contribution in [0.2, 0.25) is 0 Å². The Morgan fingerprint density at radius 2 is 2.42 bits per heavy atom. The molecule has 0 spiro atoms. The van der Waals surface area contributed by atoms with Gasteiger partial charge < -0.3 is 14.4 Å². The summed E-state index contributed by atoms with van der Waals surface area (Å²) in [5.74, 6) is 0.447. The van der Waals surface area contributed by atoms with E-state index in [0.29, 0.717) is 11.6 Å². The van der Waals surface area contributed by atoms with Gasteiger partial charge in [-0.05, 0) is 18.4 Å². The lowest BCUT2D eigenvalue weighted by atomic mass is 10.2. The van der Waals surface area contributed by atoms with Crippen LogP contribution >= 0.6 is 11.3 Å². The van der Waals surface area contributed by atoms with Gasteiger partial charge in [0.05, 0.1) is 29.6 Å². The molecule has 0 aliphatic carbocycles. The van der Waals surface area contributed by atoms with Gasteiger partial charge in [0, 0.05) is 7.05 Å². The van der Waals surface area contributed by atoms with E-state index >= 15 is 0 Å². The number of hydrogen-bond acceptors (Lipinski definition) is 5. The molecule has 1 amide bonds. The van der Waals surface area contributed by atoms with E-state index in [2.05, 4.69) is 4.98 Å². The van der Waals surface area contributed by atoms with Gasteiger partial charge in [0.2, 0.25) is 11.8 Å². The molecule has 19 heavy (non-hydrogen) atoms. The molecule has 0 radical (unpaired) electrons. The number of aromatic nitrogens is 1. The Morgan fingerprint density at radius 1 is 1.63 bits per heavy atom. The highest BCUT2D eigenvalue weighted by Gasteiger charge is 2.17. The molecular formula is C13H16N2O3S. The molecule has 2 heterocycles. The Kier molecular flexibility index (Phi) is 4.34. The summed E-state index contributed by atoms with van der Waals surface area (Å²) in [6.45, 7) is 1.74. The number of likely N-dealkylation sites (N-methyl/N-ethyl adjacent to an activating group) is 1. The molecule has 0 bridgehead atoms. The van der Waals surface area contributed by atoms with E-state index in [9.17, 15) is 4.79 Å². The molecule has 0 saturated carbocycles. The van der Waals surface area contributed by atoms with Crippen molar-refractivity contribution < 1.29 is 14.3 Å². The van der Waals surface area contributed by atoms with E-state index in [1.165, 1.54) is 22.5 Å².